The number of nitrogens with zero attached hydrogens (tertiary/aromatic N) is 1. The van der Waals surface area contributed by atoms with Gasteiger partial charge in [-0.05, 0) is 61.7 Å². The smallest absolute Gasteiger partial charge is 0.238 e. The monoisotopic (exact) mass is 329 g/mol. The van der Waals surface area contributed by atoms with Gasteiger partial charge in [0.1, 0.15) is 0 Å². The van der Waals surface area contributed by atoms with Gasteiger partial charge >= 0.3 is 0 Å². The van der Waals surface area contributed by atoms with E-state index in [0.717, 1.165) is 37.4 Å². The van der Waals surface area contributed by atoms with Gasteiger partial charge in [0.2, 0.25) is 5.91 Å². The van der Waals surface area contributed by atoms with Gasteiger partial charge in [-0.3, -0.25) is 9.69 Å². The fraction of sp³-hybridized carbons (Fsp3) is 0.650. The minimum absolute atomic E-state index is 0.120. The Hall–Kier alpha value is -1.39. The molecule has 0 aromatic heterocycles. The summed E-state index contributed by atoms with van der Waals surface area (Å²) in [6.07, 6.45) is 3.75. The first-order valence-corrected chi connectivity index (χ1v) is 9.32. The Labute approximate surface area is 146 Å². The maximum absolute atomic E-state index is 12.6. The van der Waals surface area contributed by atoms with Crippen LogP contribution in [0.3, 0.4) is 0 Å². The summed E-state index contributed by atoms with van der Waals surface area (Å²) in [5.41, 5.74) is 3.78. The molecule has 2 aliphatic heterocycles. The van der Waals surface area contributed by atoms with Crippen molar-refractivity contribution in [2.75, 3.05) is 38.0 Å². The van der Waals surface area contributed by atoms with Crippen molar-refractivity contribution in [2.45, 2.75) is 46.0 Å². The number of para-hydroxylation sites is 1. The average Bonchev–Trinajstić information content (AvgIpc) is 2.96. The van der Waals surface area contributed by atoms with Crippen molar-refractivity contribution in [3.8, 4) is 0 Å². The highest BCUT2D eigenvalue weighted by Crippen LogP contribution is 2.35. The largest absolute Gasteiger partial charge is 0.324 e. The molecule has 4 nitrogen and oxygen atoms in total. The third kappa shape index (κ3) is 3.81. The molecule has 2 aliphatic rings. The minimum atomic E-state index is 0.120. The van der Waals surface area contributed by atoms with Gasteiger partial charge in [-0.1, -0.05) is 32.0 Å². The molecule has 24 heavy (non-hydrogen) atoms. The van der Waals surface area contributed by atoms with E-state index in [9.17, 15) is 4.79 Å². The lowest BCUT2D eigenvalue weighted by Gasteiger charge is -2.39. The maximum Gasteiger partial charge on any atom is 0.238 e. The molecule has 2 N–H and O–H groups in total. The lowest BCUT2D eigenvalue weighted by atomic mass is 9.79. The predicted octanol–water partition coefficient (Wildman–Crippen LogP) is 3.13. The lowest BCUT2D eigenvalue weighted by molar-refractivity contribution is -0.118. The molecule has 1 aromatic rings. The first-order chi connectivity index (χ1) is 11.5. The second kappa shape index (κ2) is 7.24. The van der Waals surface area contributed by atoms with Crippen molar-refractivity contribution in [3.05, 3.63) is 29.3 Å². The van der Waals surface area contributed by atoms with Crippen molar-refractivity contribution in [2.24, 2.45) is 5.41 Å². The summed E-state index contributed by atoms with van der Waals surface area (Å²) in [6, 6.07) is 6.26. The first-order valence-electron chi connectivity index (χ1n) is 9.32. The van der Waals surface area contributed by atoms with Crippen LogP contribution in [0.25, 0.3) is 0 Å². The van der Waals surface area contributed by atoms with Crippen LogP contribution in [0.1, 0.15) is 50.2 Å². The van der Waals surface area contributed by atoms with E-state index in [4.69, 9.17) is 0 Å². The van der Waals surface area contributed by atoms with E-state index in [-0.39, 0.29) is 5.91 Å². The van der Waals surface area contributed by atoms with Crippen LogP contribution in [-0.4, -0.2) is 43.5 Å². The highest BCUT2D eigenvalue weighted by Gasteiger charge is 2.38. The highest BCUT2D eigenvalue weighted by atomic mass is 16.2. The van der Waals surface area contributed by atoms with Crippen LogP contribution < -0.4 is 10.6 Å². The standard InChI is InChI=1S/C20H31N3O/c1-15(2)17-7-4-6-16(3)19(17)22-18(24)12-23-11-5-8-20(14-23)9-10-21-13-20/h4,6-7,15,21H,5,8-14H2,1-3H3,(H,22,24). The molecule has 132 valence electrons. The van der Waals surface area contributed by atoms with Gasteiger partial charge in [-0.2, -0.15) is 0 Å². The number of carbonyl (C=O) groups is 1. The Morgan fingerprint density at radius 1 is 1.38 bits per heavy atom. The van der Waals surface area contributed by atoms with E-state index in [2.05, 4.69) is 54.5 Å². The molecule has 0 bridgehead atoms. The number of benzene rings is 1. The molecule has 0 saturated carbocycles. The summed E-state index contributed by atoms with van der Waals surface area (Å²) in [7, 11) is 0. The topological polar surface area (TPSA) is 44.4 Å². The van der Waals surface area contributed by atoms with Crippen molar-refractivity contribution in [1.29, 1.82) is 0 Å². The normalized spacial score (nSPS) is 24.7. The molecule has 2 heterocycles. The number of hydrogen-bond donors (Lipinski definition) is 2. The predicted molar refractivity (Wildman–Crippen MR) is 99.5 cm³/mol. The number of nitrogens with one attached hydrogen (secondary N) is 2. The fourth-order valence-electron chi connectivity index (χ4n) is 4.31. The van der Waals surface area contributed by atoms with Gasteiger partial charge in [0.25, 0.3) is 0 Å². The third-order valence-electron chi connectivity index (χ3n) is 5.63. The highest BCUT2D eigenvalue weighted by molar-refractivity contribution is 5.94. The molecule has 1 unspecified atom stereocenters. The summed E-state index contributed by atoms with van der Waals surface area (Å²) < 4.78 is 0. The van der Waals surface area contributed by atoms with Crippen molar-refractivity contribution >= 4 is 11.6 Å². The van der Waals surface area contributed by atoms with E-state index in [0.29, 0.717) is 17.9 Å². The summed E-state index contributed by atoms with van der Waals surface area (Å²) in [5, 5.41) is 6.69. The average molecular weight is 329 g/mol. The van der Waals surface area contributed by atoms with E-state index in [1.54, 1.807) is 0 Å². The minimum Gasteiger partial charge on any atom is -0.324 e. The third-order valence-corrected chi connectivity index (χ3v) is 5.63. The number of carbonyl (C=O) groups excluding carboxylic acids is 1. The second-order valence-electron chi connectivity index (χ2n) is 7.98. The van der Waals surface area contributed by atoms with Gasteiger partial charge in [0, 0.05) is 18.8 Å². The molecule has 4 heteroatoms. The van der Waals surface area contributed by atoms with Crippen LogP contribution in [0, 0.1) is 12.3 Å². The van der Waals surface area contributed by atoms with Crippen LogP contribution in [0.4, 0.5) is 5.69 Å². The number of anilines is 1. The molecule has 3 rings (SSSR count). The molecule has 1 atom stereocenters. The SMILES string of the molecule is Cc1cccc(C(C)C)c1NC(=O)CN1CCCC2(CCNC2)C1. The molecular weight excluding hydrogens is 298 g/mol. The Bertz CT molecular complexity index is 591. The summed E-state index contributed by atoms with van der Waals surface area (Å²) >= 11 is 0. The number of amides is 1. The molecule has 0 aliphatic carbocycles. The number of hydrogen-bond acceptors (Lipinski definition) is 3. The number of likely N-dealkylation sites (tertiary alicyclic amines) is 1. The Morgan fingerprint density at radius 2 is 2.21 bits per heavy atom. The Balaban J connectivity index is 1.64. The quantitative estimate of drug-likeness (QED) is 0.892. The summed E-state index contributed by atoms with van der Waals surface area (Å²) in [4.78, 5) is 15.0. The van der Waals surface area contributed by atoms with Crippen molar-refractivity contribution in [3.63, 3.8) is 0 Å². The van der Waals surface area contributed by atoms with Gasteiger partial charge in [0.05, 0.1) is 6.54 Å². The molecule has 1 spiro atoms. The van der Waals surface area contributed by atoms with Crippen LogP contribution in [0.5, 0.6) is 0 Å². The zero-order chi connectivity index (χ0) is 17.2. The molecule has 2 saturated heterocycles. The van der Waals surface area contributed by atoms with Gasteiger partial charge in [-0.15, -0.1) is 0 Å². The van der Waals surface area contributed by atoms with Crippen molar-refractivity contribution < 1.29 is 4.79 Å². The Kier molecular flexibility index (Phi) is 5.26. The molecule has 0 radical (unpaired) electrons. The number of aryl methyl sites for hydroxylation is 1. The van der Waals surface area contributed by atoms with Crippen LogP contribution >= 0.6 is 0 Å². The zero-order valence-electron chi connectivity index (χ0n) is 15.3. The maximum atomic E-state index is 12.6. The van der Waals surface area contributed by atoms with E-state index in [1.165, 1.54) is 24.8 Å². The van der Waals surface area contributed by atoms with Crippen LogP contribution in [-0.2, 0) is 4.79 Å². The van der Waals surface area contributed by atoms with Crippen LogP contribution in [0.2, 0.25) is 0 Å². The fourth-order valence-corrected chi connectivity index (χ4v) is 4.31. The lowest BCUT2D eigenvalue weighted by Crippen LogP contribution is -2.47. The van der Waals surface area contributed by atoms with Gasteiger partial charge in [0.15, 0.2) is 0 Å². The second-order valence-corrected chi connectivity index (χ2v) is 7.98. The number of rotatable bonds is 4. The summed E-state index contributed by atoms with van der Waals surface area (Å²) in [6.45, 7) is 11.3. The van der Waals surface area contributed by atoms with E-state index >= 15 is 0 Å². The van der Waals surface area contributed by atoms with Gasteiger partial charge < -0.3 is 10.6 Å². The summed E-state index contributed by atoms with van der Waals surface area (Å²) in [5.74, 6) is 0.525. The van der Waals surface area contributed by atoms with Crippen LogP contribution in [0.15, 0.2) is 18.2 Å². The Morgan fingerprint density at radius 3 is 2.92 bits per heavy atom. The van der Waals surface area contributed by atoms with Crippen molar-refractivity contribution in [1.82, 2.24) is 10.2 Å². The molecule has 1 aromatic carbocycles. The molecular formula is C20H31N3O. The molecule has 2 fully saturated rings. The number of piperidine rings is 1. The molecule has 1 amide bonds. The van der Waals surface area contributed by atoms with Gasteiger partial charge in [-0.25, -0.2) is 0 Å². The van der Waals surface area contributed by atoms with E-state index in [1.807, 2.05) is 0 Å². The van der Waals surface area contributed by atoms with E-state index < -0.39 is 0 Å². The zero-order valence-corrected chi connectivity index (χ0v) is 15.3. The first kappa shape index (κ1) is 17.4.